The first-order valence-electron chi connectivity index (χ1n) is 8.63. The molecule has 1 fully saturated rings. The number of fused-ring (bicyclic) bond motifs is 4. The minimum Gasteiger partial charge on any atom is -0.366 e. The minimum absolute atomic E-state index is 0.0207. The second kappa shape index (κ2) is 5.06. The lowest BCUT2D eigenvalue weighted by Crippen LogP contribution is -2.52. The summed E-state index contributed by atoms with van der Waals surface area (Å²) in [6.07, 6.45) is 2.28. The predicted molar refractivity (Wildman–Crippen MR) is 93.9 cm³/mol. The van der Waals surface area contributed by atoms with Crippen molar-refractivity contribution in [3.8, 4) is 6.07 Å². The van der Waals surface area contributed by atoms with E-state index in [1.165, 1.54) is 6.07 Å². The number of anilines is 1. The first kappa shape index (κ1) is 14.5. The van der Waals surface area contributed by atoms with Gasteiger partial charge in [-0.1, -0.05) is 18.2 Å². The number of nitrogens with one attached hydrogen (secondary N) is 1. The molecule has 0 saturated carbocycles. The highest BCUT2D eigenvalue weighted by Crippen LogP contribution is 2.47. The first-order chi connectivity index (χ1) is 12.2. The summed E-state index contributed by atoms with van der Waals surface area (Å²) < 4.78 is 14.6. The van der Waals surface area contributed by atoms with Gasteiger partial charge in [-0.05, 0) is 37.1 Å². The summed E-state index contributed by atoms with van der Waals surface area (Å²) in [7, 11) is 0. The van der Waals surface area contributed by atoms with Crippen molar-refractivity contribution in [3.63, 3.8) is 0 Å². The number of aromatic amines is 1. The van der Waals surface area contributed by atoms with E-state index < -0.39 is 5.41 Å². The summed E-state index contributed by atoms with van der Waals surface area (Å²) in [5, 5.41) is 10.2. The van der Waals surface area contributed by atoms with Gasteiger partial charge in [0.25, 0.3) is 0 Å². The zero-order valence-electron chi connectivity index (χ0n) is 13.7. The fourth-order valence-corrected chi connectivity index (χ4v) is 4.53. The summed E-state index contributed by atoms with van der Waals surface area (Å²) in [5.74, 6) is 0.417. The monoisotopic (exact) mass is 332 g/mol. The average molecular weight is 332 g/mol. The molecule has 2 aliphatic heterocycles. The Morgan fingerprint density at radius 1 is 1.24 bits per heavy atom. The molecule has 2 aromatic carbocycles. The van der Waals surface area contributed by atoms with E-state index in [9.17, 15) is 9.65 Å². The standard InChI is InChI=1S/C20H17FN4/c21-14-5-3-8-17-13(14)11-20(12-22,18-9-4-10-25(17)18)19-23-15-6-1-2-7-16(15)24-19/h1-3,5-8,18H,4,9-11H2,(H,23,24)/t18-,20+/m1/s1. The maximum absolute atomic E-state index is 14.6. The molecule has 1 N–H and O–H groups in total. The predicted octanol–water partition coefficient (Wildman–Crippen LogP) is 3.69. The molecule has 0 unspecified atom stereocenters. The van der Waals surface area contributed by atoms with Crippen LogP contribution in [0, 0.1) is 17.1 Å². The molecule has 0 spiro atoms. The Morgan fingerprint density at radius 2 is 2.12 bits per heavy atom. The second-order valence-corrected chi connectivity index (χ2v) is 6.95. The van der Waals surface area contributed by atoms with Gasteiger partial charge in [0.1, 0.15) is 17.1 Å². The van der Waals surface area contributed by atoms with Crippen molar-refractivity contribution < 1.29 is 4.39 Å². The van der Waals surface area contributed by atoms with Gasteiger partial charge in [0.15, 0.2) is 0 Å². The van der Waals surface area contributed by atoms with E-state index in [0.717, 1.165) is 36.1 Å². The van der Waals surface area contributed by atoms with Crippen molar-refractivity contribution in [1.82, 2.24) is 9.97 Å². The molecule has 2 aliphatic rings. The van der Waals surface area contributed by atoms with E-state index in [1.807, 2.05) is 30.3 Å². The van der Waals surface area contributed by atoms with Crippen molar-refractivity contribution in [1.29, 1.82) is 5.26 Å². The van der Waals surface area contributed by atoms with Gasteiger partial charge in [0.2, 0.25) is 0 Å². The Bertz CT molecular complexity index is 985. The Hall–Kier alpha value is -2.87. The summed E-state index contributed by atoms with van der Waals surface area (Å²) in [6, 6.07) is 15.5. The van der Waals surface area contributed by atoms with Crippen LogP contribution in [0.5, 0.6) is 0 Å². The number of hydrogen-bond donors (Lipinski definition) is 1. The lowest BCUT2D eigenvalue weighted by molar-refractivity contribution is 0.385. The highest BCUT2D eigenvalue weighted by atomic mass is 19.1. The van der Waals surface area contributed by atoms with Crippen LogP contribution in [-0.4, -0.2) is 22.6 Å². The minimum atomic E-state index is -0.856. The van der Waals surface area contributed by atoms with Gasteiger partial charge >= 0.3 is 0 Å². The summed E-state index contributed by atoms with van der Waals surface area (Å²) in [4.78, 5) is 10.3. The number of para-hydroxylation sites is 2. The van der Waals surface area contributed by atoms with E-state index >= 15 is 0 Å². The number of aromatic nitrogens is 2. The van der Waals surface area contributed by atoms with Crippen LogP contribution < -0.4 is 4.90 Å². The number of benzene rings is 2. The molecule has 2 atom stereocenters. The van der Waals surface area contributed by atoms with Crippen molar-refractivity contribution in [3.05, 3.63) is 59.7 Å². The number of H-pyrrole nitrogens is 1. The SMILES string of the molecule is N#C[C@@]1(c2nc3ccccc3[nH]2)Cc2c(F)cccc2N2CCC[C@@H]21. The third-order valence-corrected chi connectivity index (χ3v) is 5.69. The molecular formula is C20H17FN4. The molecule has 5 rings (SSSR count). The normalized spacial score (nSPS) is 24.8. The smallest absolute Gasteiger partial charge is 0.139 e. The lowest BCUT2D eigenvalue weighted by Gasteiger charge is -2.43. The molecule has 4 nitrogen and oxygen atoms in total. The van der Waals surface area contributed by atoms with Crippen LogP contribution in [0.1, 0.15) is 24.2 Å². The Balaban J connectivity index is 1.75. The molecule has 3 heterocycles. The zero-order chi connectivity index (χ0) is 17.0. The van der Waals surface area contributed by atoms with Crippen LogP contribution in [0.15, 0.2) is 42.5 Å². The number of halogens is 1. The Labute approximate surface area is 144 Å². The van der Waals surface area contributed by atoms with Gasteiger partial charge in [0, 0.05) is 24.2 Å². The van der Waals surface area contributed by atoms with Gasteiger partial charge in [-0.2, -0.15) is 5.26 Å². The molecule has 3 aromatic rings. The van der Waals surface area contributed by atoms with Crippen LogP contribution in [0.2, 0.25) is 0 Å². The van der Waals surface area contributed by atoms with Crippen LogP contribution in [0.25, 0.3) is 11.0 Å². The number of rotatable bonds is 1. The highest BCUT2D eigenvalue weighted by molar-refractivity contribution is 5.75. The van der Waals surface area contributed by atoms with Gasteiger partial charge in [-0.25, -0.2) is 9.37 Å². The van der Waals surface area contributed by atoms with E-state index in [0.29, 0.717) is 17.8 Å². The van der Waals surface area contributed by atoms with E-state index in [2.05, 4.69) is 16.0 Å². The molecular weight excluding hydrogens is 315 g/mol. The highest BCUT2D eigenvalue weighted by Gasteiger charge is 2.52. The van der Waals surface area contributed by atoms with Crippen LogP contribution in [0.3, 0.4) is 0 Å². The van der Waals surface area contributed by atoms with Crippen molar-refractivity contribution in [2.24, 2.45) is 0 Å². The van der Waals surface area contributed by atoms with Gasteiger partial charge in [0.05, 0.1) is 23.1 Å². The third kappa shape index (κ3) is 1.88. The first-order valence-corrected chi connectivity index (χ1v) is 8.63. The summed E-state index contributed by atoms with van der Waals surface area (Å²) in [6.45, 7) is 0.852. The zero-order valence-corrected chi connectivity index (χ0v) is 13.7. The lowest BCUT2D eigenvalue weighted by atomic mass is 9.71. The molecule has 0 aliphatic carbocycles. The Morgan fingerprint density at radius 3 is 2.96 bits per heavy atom. The van der Waals surface area contributed by atoms with E-state index in [-0.39, 0.29) is 11.9 Å². The van der Waals surface area contributed by atoms with Crippen molar-refractivity contribution >= 4 is 16.7 Å². The topological polar surface area (TPSA) is 55.7 Å². The van der Waals surface area contributed by atoms with Gasteiger partial charge < -0.3 is 9.88 Å². The molecule has 124 valence electrons. The third-order valence-electron chi connectivity index (χ3n) is 5.69. The summed E-state index contributed by atoms with van der Waals surface area (Å²) in [5.41, 5.74) is 2.46. The maximum Gasteiger partial charge on any atom is 0.139 e. The molecule has 0 radical (unpaired) electrons. The van der Waals surface area contributed by atoms with Gasteiger partial charge in [-0.15, -0.1) is 0 Å². The number of hydrogen-bond acceptors (Lipinski definition) is 3. The van der Waals surface area contributed by atoms with Crippen molar-refractivity contribution in [2.45, 2.75) is 30.7 Å². The largest absolute Gasteiger partial charge is 0.366 e. The number of nitriles is 1. The molecule has 0 amide bonds. The van der Waals surface area contributed by atoms with E-state index in [1.54, 1.807) is 6.07 Å². The fourth-order valence-electron chi connectivity index (χ4n) is 4.53. The molecule has 1 saturated heterocycles. The second-order valence-electron chi connectivity index (χ2n) is 6.95. The molecule has 25 heavy (non-hydrogen) atoms. The fraction of sp³-hybridized carbons (Fsp3) is 0.300. The van der Waals surface area contributed by atoms with Crippen LogP contribution >= 0.6 is 0 Å². The van der Waals surface area contributed by atoms with Crippen LogP contribution in [0.4, 0.5) is 10.1 Å². The Kier molecular flexibility index (Phi) is 2.93. The molecule has 1 aromatic heterocycles. The molecule has 5 heteroatoms. The number of nitrogens with zero attached hydrogens (tertiary/aromatic N) is 3. The maximum atomic E-state index is 14.6. The van der Waals surface area contributed by atoms with E-state index in [4.69, 9.17) is 4.98 Å². The van der Waals surface area contributed by atoms with Crippen molar-refractivity contribution in [2.75, 3.05) is 11.4 Å². The quantitative estimate of drug-likeness (QED) is 0.739. The van der Waals surface area contributed by atoms with Gasteiger partial charge in [-0.3, -0.25) is 0 Å². The average Bonchev–Trinajstić information content (AvgIpc) is 3.29. The van der Waals surface area contributed by atoms with Crippen LogP contribution in [-0.2, 0) is 11.8 Å². The molecule has 0 bridgehead atoms. The summed E-state index contributed by atoms with van der Waals surface area (Å²) >= 11 is 0. The number of imidazole rings is 1.